The normalized spacial score (nSPS) is 14.2. The van der Waals surface area contributed by atoms with E-state index < -0.39 is 0 Å². The number of aromatic nitrogens is 2. The first-order chi connectivity index (χ1) is 18.8. The van der Waals surface area contributed by atoms with Crippen LogP contribution in [-0.4, -0.2) is 78.8 Å². The second-order valence-corrected chi connectivity index (χ2v) is 9.92. The first-order valence-corrected chi connectivity index (χ1v) is 13.3. The number of hydrogen-bond acceptors (Lipinski definition) is 7. The summed E-state index contributed by atoms with van der Waals surface area (Å²) in [6.45, 7) is 8.17. The summed E-state index contributed by atoms with van der Waals surface area (Å²) in [5, 5.41) is 8.86. The SMILES string of the molecule is COc1ccc(-c2ccc(N3CCN(C(=O)CN(C(=O)C(C)C)[C@H](C)c4ccccc4)CC3)nn2)cc1OC. The number of hydrogen-bond donors (Lipinski definition) is 0. The molecule has 0 bridgehead atoms. The highest BCUT2D eigenvalue weighted by Gasteiger charge is 2.29. The van der Waals surface area contributed by atoms with Gasteiger partial charge in [-0.05, 0) is 42.8 Å². The van der Waals surface area contributed by atoms with E-state index in [9.17, 15) is 9.59 Å². The van der Waals surface area contributed by atoms with E-state index >= 15 is 0 Å². The van der Waals surface area contributed by atoms with Gasteiger partial charge in [-0.15, -0.1) is 10.2 Å². The molecule has 2 aromatic carbocycles. The third-order valence-electron chi connectivity index (χ3n) is 7.12. The zero-order chi connectivity index (χ0) is 27.9. The van der Waals surface area contributed by atoms with Crippen LogP contribution in [-0.2, 0) is 9.59 Å². The number of methoxy groups -OCH3 is 2. The summed E-state index contributed by atoms with van der Waals surface area (Å²) < 4.78 is 10.7. The van der Waals surface area contributed by atoms with E-state index in [0.29, 0.717) is 37.7 Å². The van der Waals surface area contributed by atoms with E-state index in [2.05, 4.69) is 15.1 Å². The van der Waals surface area contributed by atoms with E-state index in [0.717, 1.165) is 22.6 Å². The van der Waals surface area contributed by atoms with Gasteiger partial charge in [-0.1, -0.05) is 44.2 Å². The zero-order valence-electron chi connectivity index (χ0n) is 23.3. The molecule has 0 spiro atoms. The van der Waals surface area contributed by atoms with Crippen molar-refractivity contribution in [2.24, 2.45) is 5.92 Å². The molecule has 0 aliphatic carbocycles. The van der Waals surface area contributed by atoms with Gasteiger partial charge in [0.05, 0.1) is 26.0 Å². The van der Waals surface area contributed by atoms with Crippen LogP contribution in [0.4, 0.5) is 5.82 Å². The number of ether oxygens (including phenoxy) is 2. The number of nitrogens with zero attached hydrogens (tertiary/aromatic N) is 5. The lowest BCUT2D eigenvalue weighted by atomic mass is 10.0. The molecule has 4 rings (SSSR count). The fourth-order valence-electron chi connectivity index (χ4n) is 4.72. The molecule has 9 heteroatoms. The first-order valence-electron chi connectivity index (χ1n) is 13.3. The van der Waals surface area contributed by atoms with Crippen molar-refractivity contribution in [3.05, 3.63) is 66.2 Å². The van der Waals surface area contributed by atoms with Crippen LogP contribution in [0.5, 0.6) is 11.5 Å². The second-order valence-electron chi connectivity index (χ2n) is 9.92. The zero-order valence-corrected chi connectivity index (χ0v) is 23.3. The van der Waals surface area contributed by atoms with Crippen LogP contribution in [0.15, 0.2) is 60.7 Å². The van der Waals surface area contributed by atoms with Crippen LogP contribution in [0, 0.1) is 5.92 Å². The average molecular weight is 532 g/mol. The Bertz CT molecular complexity index is 1260. The van der Waals surface area contributed by atoms with E-state index in [-0.39, 0.29) is 30.3 Å². The Morgan fingerprint density at radius 2 is 1.56 bits per heavy atom. The van der Waals surface area contributed by atoms with Crippen LogP contribution >= 0.6 is 0 Å². The van der Waals surface area contributed by atoms with E-state index in [1.54, 1.807) is 19.1 Å². The molecule has 0 saturated carbocycles. The molecule has 2 heterocycles. The Morgan fingerprint density at radius 1 is 0.872 bits per heavy atom. The fourth-order valence-corrected chi connectivity index (χ4v) is 4.72. The third-order valence-corrected chi connectivity index (χ3v) is 7.12. The predicted octanol–water partition coefficient (Wildman–Crippen LogP) is 4.06. The van der Waals surface area contributed by atoms with Crippen molar-refractivity contribution >= 4 is 17.6 Å². The fraction of sp³-hybridized carbons (Fsp3) is 0.400. The number of amides is 2. The van der Waals surface area contributed by atoms with Crippen LogP contribution in [0.25, 0.3) is 11.3 Å². The van der Waals surface area contributed by atoms with Crippen molar-refractivity contribution in [3.63, 3.8) is 0 Å². The summed E-state index contributed by atoms with van der Waals surface area (Å²) in [4.78, 5) is 32.0. The molecular weight excluding hydrogens is 494 g/mol. The molecule has 1 aromatic heterocycles. The van der Waals surface area contributed by atoms with Crippen molar-refractivity contribution in [2.75, 3.05) is 51.8 Å². The third kappa shape index (κ3) is 6.47. The van der Waals surface area contributed by atoms with Gasteiger partial charge in [-0.25, -0.2) is 0 Å². The van der Waals surface area contributed by atoms with Crippen molar-refractivity contribution in [3.8, 4) is 22.8 Å². The van der Waals surface area contributed by atoms with Gasteiger partial charge in [0, 0.05) is 37.7 Å². The van der Waals surface area contributed by atoms with Gasteiger partial charge in [0.25, 0.3) is 0 Å². The van der Waals surface area contributed by atoms with Crippen molar-refractivity contribution in [2.45, 2.75) is 26.8 Å². The van der Waals surface area contributed by atoms with E-state index in [1.807, 2.05) is 86.3 Å². The molecule has 0 unspecified atom stereocenters. The van der Waals surface area contributed by atoms with Gasteiger partial charge < -0.3 is 24.2 Å². The van der Waals surface area contributed by atoms with Gasteiger partial charge in [0.1, 0.15) is 6.54 Å². The van der Waals surface area contributed by atoms with Crippen LogP contribution < -0.4 is 14.4 Å². The van der Waals surface area contributed by atoms with Crippen LogP contribution in [0.2, 0.25) is 0 Å². The highest BCUT2D eigenvalue weighted by atomic mass is 16.5. The molecule has 1 aliphatic rings. The summed E-state index contributed by atoms with van der Waals surface area (Å²) in [7, 11) is 3.20. The molecular formula is C30H37N5O4. The Labute approximate surface area is 230 Å². The van der Waals surface area contributed by atoms with Gasteiger partial charge in [-0.3, -0.25) is 9.59 Å². The van der Waals surface area contributed by atoms with Crippen molar-refractivity contribution < 1.29 is 19.1 Å². The molecule has 1 aliphatic heterocycles. The first kappa shape index (κ1) is 27.9. The van der Waals surface area contributed by atoms with Crippen LogP contribution in [0.3, 0.4) is 0 Å². The molecule has 1 saturated heterocycles. The molecule has 3 aromatic rings. The number of piperazine rings is 1. The highest BCUT2D eigenvalue weighted by Crippen LogP contribution is 2.31. The van der Waals surface area contributed by atoms with Crippen molar-refractivity contribution in [1.82, 2.24) is 20.0 Å². The lowest BCUT2D eigenvalue weighted by molar-refractivity contribution is -0.144. The summed E-state index contributed by atoms with van der Waals surface area (Å²) in [5.74, 6) is 1.80. The molecule has 9 nitrogen and oxygen atoms in total. The van der Waals surface area contributed by atoms with Crippen LogP contribution in [0.1, 0.15) is 32.4 Å². The number of carbonyl (C=O) groups is 2. The maximum Gasteiger partial charge on any atom is 0.242 e. The maximum absolute atomic E-state index is 13.3. The van der Waals surface area contributed by atoms with Gasteiger partial charge in [-0.2, -0.15) is 0 Å². The Kier molecular flexibility index (Phi) is 9.01. The lowest BCUT2D eigenvalue weighted by Crippen LogP contribution is -2.52. The highest BCUT2D eigenvalue weighted by molar-refractivity contribution is 5.86. The minimum absolute atomic E-state index is 0.0248. The monoisotopic (exact) mass is 531 g/mol. The minimum Gasteiger partial charge on any atom is -0.493 e. The summed E-state index contributed by atoms with van der Waals surface area (Å²) in [6, 6.07) is 19.2. The minimum atomic E-state index is -0.193. The Morgan fingerprint density at radius 3 is 2.15 bits per heavy atom. The molecule has 206 valence electrons. The summed E-state index contributed by atoms with van der Waals surface area (Å²) in [5.41, 5.74) is 2.63. The number of carbonyl (C=O) groups excluding carboxylic acids is 2. The quantitative estimate of drug-likeness (QED) is 0.412. The van der Waals surface area contributed by atoms with Gasteiger partial charge in [0.15, 0.2) is 17.3 Å². The molecule has 0 radical (unpaired) electrons. The smallest absolute Gasteiger partial charge is 0.242 e. The standard InChI is InChI=1S/C30H37N5O4/c1-21(2)30(37)35(22(3)23-9-7-6-8-10-23)20-29(36)34-17-15-33(16-18-34)28-14-12-25(31-32-28)24-11-13-26(38-4)27(19-24)39-5/h6-14,19,21-22H,15-18,20H2,1-5H3/t22-/m1/s1. The molecule has 1 fully saturated rings. The maximum atomic E-state index is 13.3. The number of anilines is 1. The molecule has 0 N–H and O–H groups in total. The number of rotatable bonds is 9. The molecule has 1 atom stereocenters. The van der Waals surface area contributed by atoms with E-state index in [4.69, 9.17) is 9.47 Å². The van der Waals surface area contributed by atoms with Crippen molar-refractivity contribution in [1.29, 1.82) is 0 Å². The van der Waals surface area contributed by atoms with E-state index in [1.165, 1.54) is 0 Å². The lowest BCUT2D eigenvalue weighted by Gasteiger charge is -2.37. The topological polar surface area (TPSA) is 88.1 Å². The largest absolute Gasteiger partial charge is 0.493 e. The van der Waals surface area contributed by atoms with Gasteiger partial charge in [0.2, 0.25) is 11.8 Å². The second kappa shape index (κ2) is 12.6. The summed E-state index contributed by atoms with van der Waals surface area (Å²) in [6.07, 6.45) is 0. The number of benzene rings is 2. The predicted molar refractivity (Wildman–Crippen MR) is 151 cm³/mol. The Balaban J connectivity index is 1.38. The van der Waals surface area contributed by atoms with Gasteiger partial charge >= 0.3 is 0 Å². The Hall–Kier alpha value is -4.14. The molecule has 39 heavy (non-hydrogen) atoms. The molecule has 2 amide bonds. The average Bonchev–Trinajstić information content (AvgIpc) is 2.99. The summed E-state index contributed by atoms with van der Waals surface area (Å²) >= 11 is 0.